The fourth-order valence-corrected chi connectivity index (χ4v) is 2.08. The predicted molar refractivity (Wildman–Crippen MR) is 80.1 cm³/mol. The Morgan fingerprint density at radius 1 is 1.05 bits per heavy atom. The maximum Gasteiger partial charge on any atom is 0.126 e. The van der Waals surface area contributed by atoms with Crippen LogP contribution in [0.1, 0.15) is 50.7 Å². The summed E-state index contributed by atoms with van der Waals surface area (Å²) in [6.07, 6.45) is 0. The van der Waals surface area contributed by atoms with Crippen molar-refractivity contribution in [2.75, 3.05) is 26.3 Å². The molecule has 0 fully saturated rings. The van der Waals surface area contributed by atoms with Crippen molar-refractivity contribution >= 4 is 0 Å². The molecule has 0 saturated heterocycles. The number of ether oxygens (including phenoxy) is 1. The van der Waals surface area contributed by atoms with Crippen molar-refractivity contribution in [1.82, 2.24) is 5.32 Å². The Hall–Kier alpha value is -1.06. The molecule has 0 aliphatic carbocycles. The zero-order chi connectivity index (χ0) is 14.3. The third kappa shape index (κ3) is 4.84. The summed E-state index contributed by atoms with van der Waals surface area (Å²) in [5, 5.41) is 11.8. The van der Waals surface area contributed by atoms with Crippen molar-refractivity contribution in [2.45, 2.75) is 39.5 Å². The smallest absolute Gasteiger partial charge is 0.126 e. The van der Waals surface area contributed by atoms with Gasteiger partial charge in [0.05, 0.1) is 6.61 Å². The normalized spacial score (nSPS) is 11.3. The molecule has 0 aliphatic heterocycles. The van der Waals surface area contributed by atoms with E-state index in [2.05, 4.69) is 51.2 Å². The van der Waals surface area contributed by atoms with Gasteiger partial charge in [-0.3, -0.25) is 0 Å². The van der Waals surface area contributed by atoms with Crippen molar-refractivity contribution in [1.29, 1.82) is 0 Å². The minimum Gasteiger partial charge on any atom is -0.492 e. The third-order valence-corrected chi connectivity index (χ3v) is 3.13. The molecule has 0 aliphatic rings. The van der Waals surface area contributed by atoms with Crippen molar-refractivity contribution in [2.24, 2.45) is 0 Å². The minimum absolute atomic E-state index is 0.166. The maximum atomic E-state index is 8.71. The molecule has 0 saturated carbocycles. The molecule has 3 nitrogen and oxygen atoms in total. The van der Waals surface area contributed by atoms with E-state index in [1.54, 1.807) is 0 Å². The van der Waals surface area contributed by atoms with Crippen LogP contribution in [0.5, 0.6) is 5.75 Å². The number of nitrogens with one attached hydrogen (secondary N) is 1. The van der Waals surface area contributed by atoms with Crippen LogP contribution < -0.4 is 10.1 Å². The summed E-state index contributed by atoms with van der Waals surface area (Å²) >= 11 is 0. The summed E-state index contributed by atoms with van der Waals surface area (Å²) in [7, 11) is 0. The monoisotopic (exact) mass is 265 g/mol. The Morgan fingerprint density at radius 3 is 2.11 bits per heavy atom. The first kappa shape index (κ1) is 16.0. The topological polar surface area (TPSA) is 41.5 Å². The number of benzene rings is 1. The van der Waals surface area contributed by atoms with E-state index in [0.717, 1.165) is 12.3 Å². The van der Waals surface area contributed by atoms with Crippen LogP contribution in [0, 0.1) is 0 Å². The molecule has 0 amide bonds. The van der Waals surface area contributed by atoms with E-state index in [1.807, 2.05) is 0 Å². The number of rotatable bonds is 8. The van der Waals surface area contributed by atoms with Crippen LogP contribution in [-0.4, -0.2) is 31.4 Å². The second kappa shape index (κ2) is 8.18. The zero-order valence-electron chi connectivity index (χ0n) is 12.6. The molecule has 0 aromatic heterocycles. The van der Waals surface area contributed by atoms with Crippen molar-refractivity contribution in [3.63, 3.8) is 0 Å². The summed E-state index contributed by atoms with van der Waals surface area (Å²) in [6, 6.07) is 6.40. The summed E-state index contributed by atoms with van der Waals surface area (Å²) < 4.78 is 5.99. The molecule has 0 radical (unpaired) electrons. The standard InChI is InChI=1S/C16H27NO2/c1-12(2)14-6-5-7-15(13(3)4)16(14)19-11-9-17-8-10-18/h5-7,12-13,17-18H,8-11H2,1-4H3. The number of hydrogen-bond acceptors (Lipinski definition) is 3. The van der Waals surface area contributed by atoms with Gasteiger partial charge in [0.25, 0.3) is 0 Å². The highest BCUT2D eigenvalue weighted by Gasteiger charge is 2.14. The second-order valence-corrected chi connectivity index (χ2v) is 5.40. The van der Waals surface area contributed by atoms with E-state index in [0.29, 0.717) is 25.0 Å². The van der Waals surface area contributed by atoms with Gasteiger partial charge in [-0.15, -0.1) is 0 Å². The van der Waals surface area contributed by atoms with Crippen LogP contribution in [0.2, 0.25) is 0 Å². The maximum absolute atomic E-state index is 8.71. The lowest BCUT2D eigenvalue weighted by atomic mass is 9.94. The molecular weight excluding hydrogens is 238 g/mol. The van der Waals surface area contributed by atoms with E-state index in [-0.39, 0.29) is 6.61 Å². The van der Waals surface area contributed by atoms with Crippen LogP contribution in [0.15, 0.2) is 18.2 Å². The summed E-state index contributed by atoms with van der Waals surface area (Å²) in [5.41, 5.74) is 2.54. The highest BCUT2D eigenvalue weighted by Crippen LogP contribution is 2.34. The molecule has 19 heavy (non-hydrogen) atoms. The number of aliphatic hydroxyl groups is 1. The molecule has 1 aromatic rings. The van der Waals surface area contributed by atoms with Gasteiger partial charge in [-0.1, -0.05) is 45.9 Å². The van der Waals surface area contributed by atoms with Crippen LogP contribution in [0.4, 0.5) is 0 Å². The summed E-state index contributed by atoms with van der Waals surface area (Å²) in [5.74, 6) is 1.96. The molecular formula is C16H27NO2. The quantitative estimate of drug-likeness (QED) is 0.710. The Morgan fingerprint density at radius 2 is 1.63 bits per heavy atom. The zero-order valence-corrected chi connectivity index (χ0v) is 12.6. The van der Waals surface area contributed by atoms with Gasteiger partial charge in [0.1, 0.15) is 12.4 Å². The highest BCUT2D eigenvalue weighted by atomic mass is 16.5. The van der Waals surface area contributed by atoms with Crippen molar-refractivity contribution in [3.05, 3.63) is 29.3 Å². The average molecular weight is 265 g/mol. The number of aliphatic hydroxyl groups excluding tert-OH is 1. The Balaban J connectivity index is 2.77. The molecule has 2 N–H and O–H groups in total. The minimum atomic E-state index is 0.166. The SMILES string of the molecule is CC(C)c1cccc(C(C)C)c1OCCNCCO. The first-order valence-corrected chi connectivity index (χ1v) is 7.15. The molecule has 0 atom stereocenters. The van der Waals surface area contributed by atoms with Gasteiger partial charge < -0.3 is 15.2 Å². The molecule has 0 heterocycles. The van der Waals surface area contributed by atoms with Gasteiger partial charge in [0.2, 0.25) is 0 Å². The van der Waals surface area contributed by atoms with Gasteiger partial charge in [0, 0.05) is 13.1 Å². The lowest BCUT2D eigenvalue weighted by Crippen LogP contribution is -2.24. The summed E-state index contributed by atoms with van der Waals surface area (Å²) in [6.45, 7) is 10.9. The van der Waals surface area contributed by atoms with E-state index < -0.39 is 0 Å². The molecule has 3 heteroatoms. The number of para-hydroxylation sites is 1. The van der Waals surface area contributed by atoms with Gasteiger partial charge in [0.15, 0.2) is 0 Å². The van der Waals surface area contributed by atoms with Crippen LogP contribution in [0.3, 0.4) is 0 Å². The fourth-order valence-electron chi connectivity index (χ4n) is 2.08. The first-order chi connectivity index (χ1) is 9.07. The fraction of sp³-hybridized carbons (Fsp3) is 0.625. The molecule has 0 spiro atoms. The van der Waals surface area contributed by atoms with Gasteiger partial charge in [-0.2, -0.15) is 0 Å². The van der Waals surface area contributed by atoms with Gasteiger partial charge in [-0.05, 0) is 23.0 Å². The molecule has 1 aromatic carbocycles. The lowest BCUT2D eigenvalue weighted by molar-refractivity contribution is 0.273. The highest BCUT2D eigenvalue weighted by molar-refractivity contribution is 5.44. The van der Waals surface area contributed by atoms with E-state index >= 15 is 0 Å². The van der Waals surface area contributed by atoms with Gasteiger partial charge in [-0.25, -0.2) is 0 Å². The van der Waals surface area contributed by atoms with Gasteiger partial charge >= 0.3 is 0 Å². The third-order valence-electron chi connectivity index (χ3n) is 3.13. The lowest BCUT2D eigenvalue weighted by Gasteiger charge is -2.20. The Kier molecular flexibility index (Phi) is 6.89. The van der Waals surface area contributed by atoms with Crippen LogP contribution in [0.25, 0.3) is 0 Å². The first-order valence-electron chi connectivity index (χ1n) is 7.15. The average Bonchev–Trinajstić information content (AvgIpc) is 2.38. The Labute approximate surface area is 117 Å². The number of hydrogen-bond donors (Lipinski definition) is 2. The van der Waals surface area contributed by atoms with Crippen LogP contribution in [-0.2, 0) is 0 Å². The van der Waals surface area contributed by atoms with Crippen molar-refractivity contribution < 1.29 is 9.84 Å². The van der Waals surface area contributed by atoms with E-state index in [9.17, 15) is 0 Å². The largest absolute Gasteiger partial charge is 0.492 e. The van der Waals surface area contributed by atoms with Crippen molar-refractivity contribution in [3.8, 4) is 5.75 Å². The summed E-state index contributed by atoms with van der Waals surface area (Å²) in [4.78, 5) is 0. The van der Waals surface area contributed by atoms with E-state index in [1.165, 1.54) is 11.1 Å². The second-order valence-electron chi connectivity index (χ2n) is 5.40. The predicted octanol–water partition coefficient (Wildman–Crippen LogP) is 2.89. The van der Waals surface area contributed by atoms with E-state index in [4.69, 9.17) is 9.84 Å². The molecule has 0 unspecified atom stereocenters. The molecule has 108 valence electrons. The van der Waals surface area contributed by atoms with Crippen LogP contribution >= 0.6 is 0 Å². The molecule has 0 bridgehead atoms. The Bertz CT molecular complexity index is 349. The molecule has 1 rings (SSSR count).